The van der Waals surface area contributed by atoms with Gasteiger partial charge < -0.3 is 10.5 Å². The summed E-state index contributed by atoms with van der Waals surface area (Å²) in [5, 5.41) is 30.8. The number of hydrogen-bond acceptors (Lipinski definition) is 10. The van der Waals surface area contributed by atoms with Gasteiger partial charge in [-0.3, -0.25) is 20.6 Å². The highest BCUT2D eigenvalue weighted by Crippen LogP contribution is 2.33. The van der Waals surface area contributed by atoms with E-state index >= 15 is 0 Å². The monoisotopic (exact) mass is 460 g/mol. The van der Waals surface area contributed by atoms with Crippen molar-refractivity contribution in [1.82, 2.24) is 14.8 Å². The van der Waals surface area contributed by atoms with Crippen LogP contribution in [0.2, 0.25) is 0 Å². The van der Waals surface area contributed by atoms with Crippen molar-refractivity contribution in [1.29, 1.82) is 0 Å². The Hall–Kier alpha value is -3.10. The van der Waals surface area contributed by atoms with Gasteiger partial charge in [-0.2, -0.15) is 18.2 Å². The Morgan fingerprint density at radius 1 is 1.16 bits per heavy atom. The molecule has 1 saturated heterocycles. The van der Waals surface area contributed by atoms with Crippen molar-refractivity contribution in [2.45, 2.75) is 30.7 Å². The lowest BCUT2D eigenvalue weighted by atomic mass is 10.1. The van der Waals surface area contributed by atoms with Crippen LogP contribution in [0.15, 0.2) is 24.3 Å². The van der Waals surface area contributed by atoms with Crippen molar-refractivity contribution in [3.63, 3.8) is 0 Å². The SMILES string of the molecule is NC(=O)c1nc(C#Cc2ccc(C(F)(F)F)cc2)n([C@@H]2O[C@H](COO)[C@@H](OO)[C@H]2OO)n1. The van der Waals surface area contributed by atoms with Gasteiger partial charge in [-0.15, -0.1) is 5.10 Å². The fourth-order valence-corrected chi connectivity index (χ4v) is 2.91. The number of primary amides is 1. The zero-order valence-electron chi connectivity index (χ0n) is 15.8. The molecule has 15 heteroatoms. The number of carbonyl (C=O) groups excluding carboxylic acids is 1. The molecule has 0 aliphatic carbocycles. The maximum Gasteiger partial charge on any atom is 0.416 e. The summed E-state index contributed by atoms with van der Waals surface area (Å²) in [6.07, 6.45) is -9.89. The Balaban J connectivity index is 1.97. The lowest BCUT2D eigenvalue weighted by Crippen LogP contribution is -2.37. The molecule has 1 aromatic carbocycles. The molecule has 0 spiro atoms. The van der Waals surface area contributed by atoms with Crippen molar-refractivity contribution in [2.24, 2.45) is 5.73 Å². The number of alkyl halides is 3. The average Bonchev–Trinajstić information content (AvgIpc) is 3.33. The molecule has 0 saturated carbocycles. The topological polar surface area (TPSA) is 171 Å². The van der Waals surface area contributed by atoms with Gasteiger partial charge in [0.2, 0.25) is 11.6 Å². The van der Waals surface area contributed by atoms with Crippen LogP contribution < -0.4 is 5.73 Å². The minimum Gasteiger partial charge on any atom is -0.363 e. The van der Waals surface area contributed by atoms with Gasteiger partial charge in [-0.1, -0.05) is 5.92 Å². The molecular weight excluding hydrogens is 445 g/mol. The summed E-state index contributed by atoms with van der Waals surface area (Å²) >= 11 is 0. The van der Waals surface area contributed by atoms with Crippen LogP contribution in [0.4, 0.5) is 13.2 Å². The normalized spacial score (nSPS) is 23.1. The number of aromatic nitrogens is 3. The van der Waals surface area contributed by atoms with Crippen molar-refractivity contribution in [3.8, 4) is 11.8 Å². The molecule has 12 nitrogen and oxygen atoms in total. The third kappa shape index (κ3) is 4.87. The summed E-state index contributed by atoms with van der Waals surface area (Å²) in [5.74, 6) is 3.29. The van der Waals surface area contributed by atoms with Gasteiger partial charge in [-0.25, -0.2) is 19.3 Å². The molecule has 2 heterocycles. The number of nitrogens with zero attached hydrogens (tertiary/aromatic N) is 3. The summed E-state index contributed by atoms with van der Waals surface area (Å²) in [5.41, 5.74) is 4.50. The molecule has 32 heavy (non-hydrogen) atoms. The first-order valence-corrected chi connectivity index (χ1v) is 8.67. The summed E-state index contributed by atoms with van der Waals surface area (Å²) < 4.78 is 44.5. The van der Waals surface area contributed by atoms with E-state index in [-0.39, 0.29) is 11.4 Å². The van der Waals surface area contributed by atoms with Crippen LogP contribution in [0.1, 0.15) is 33.8 Å². The average molecular weight is 460 g/mol. The quantitative estimate of drug-likeness (QED) is 0.276. The number of halogens is 3. The Morgan fingerprint density at radius 2 is 1.81 bits per heavy atom. The van der Waals surface area contributed by atoms with E-state index in [1.807, 2.05) is 0 Å². The van der Waals surface area contributed by atoms with Gasteiger partial charge in [0.25, 0.3) is 5.91 Å². The van der Waals surface area contributed by atoms with E-state index < -0.39 is 54.6 Å². The number of amides is 1. The zero-order chi connectivity index (χ0) is 23.5. The second-order valence-corrected chi connectivity index (χ2v) is 6.39. The van der Waals surface area contributed by atoms with Gasteiger partial charge in [0, 0.05) is 5.56 Å². The predicted octanol–water partition coefficient (Wildman–Crippen LogP) is 0.899. The van der Waals surface area contributed by atoms with Crippen LogP contribution in [-0.2, 0) is 25.6 Å². The molecule has 1 aliphatic heterocycles. The highest BCUT2D eigenvalue weighted by molar-refractivity contribution is 5.88. The summed E-state index contributed by atoms with van der Waals surface area (Å²) in [6, 6.07) is 3.92. The minimum atomic E-state index is -4.51. The maximum atomic E-state index is 12.7. The first-order valence-electron chi connectivity index (χ1n) is 8.67. The van der Waals surface area contributed by atoms with Crippen molar-refractivity contribution in [3.05, 3.63) is 47.0 Å². The third-order valence-electron chi connectivity index (χ3n) is 4.39. The van der Waals surface area contributed by atoms with Crippen LogP contribution in [0.3, 0.4) is 0 Å². The van der Waals surface area contributed by atoms with E-state index in [0.717, 1.165) is 28.9 Å². The van der Waals surface area contributed by atoms with Gasteiger partial charge in [0.1, 0.15) is 12.7 Å². The lowest BCUT2D eigenvalue weighted by molar-refractivity contribution is -0.357. The molecule has 172 valence electrons. The molecule has 3 rings (SSSR count). The standard InChI is InChI=1S/C17H15F3N4O8/c18-17(19,20)9-4-1-8(2-5-9)3-6-11-22-15(14(21)25)23-24(11)16-13(32-28)12(31-27)10(30-16)7-29-26/h1-2,4-5,10,12-13,16,26-28H,7H2,(H2,21,25)/t10-,12-,13-,16-/m1/s1. The minimum absolute atomic E-state index is 0.179. The third-order valence-corrected chi connectivity index (χ3v) is 4.39. The van der Waals surface area contributed by atoms with E-state index in [2.05, 4.69) is 36.6 Å². The van der Waals surface area contributed by atoms with E-state index in [9.17, 15) is 23.2 Å². The fraction of sp³-hybridized carbons (Fsp3) is 0.353. The molecule has 0 radical (unpaired) electrons. The van der Waals surface area contributed by atoms with Crippen LogP contribution >= 0.6 is 0 Å². The predicted molar refractivity (Wildman–Crippen MR) is 93.5 cm³/mol. The zero-order valence-corrected chi connectivity index (χ0v) is 15.8. The number of nitrogens with two attached hydrogens (primary N) is 1. The number of hydrogen-bond donors (Lipinski definition) is 4. The molecule has 1 fully saturated rings. The van der Waals surface area contributed by atoms with Crippen molar-refractivity contribution < 1.29 is 53.1 Å². The lowest BCUT2D eigenvalue weighted by Gasteiger charge is -2.18. The van der Waals surface area contributed by atoms with E-state index in [1.165, 1.54) is 0 Å². The van der Waals surface area contributed by atoms with Gasteiger partial charge in [0.15, 0.2) is 18.4 Å². The van der Waals surface area contributed by atoms with E-state index in [4.69, 9.17) is 21.0 Å². The van der Waals surface area contributed by atoms with Gasteiger partial charge in [-0.05, 0) is 30.2 Å². The molecule has 0 unspecified atom stereocenters. The fourth-order valence-electron chi connectivity index (χ4n) is 2.91. The van der Waals surface area contributed by atoms with Gasteiger partial charge in [0.05, 0.1) is 5.56 Å². The van der Waals surface area contributed by atoms with Crippen LogP contribution in [0.5, 0.6) is 0 Å². The Morgan fingerprint density at radius 3 is 2.34 bits per heavy atom. The van der Waals surface area contributed by atoms with Gasteiger partial charge >= 0.3 is 6.18 Å². The van der Waals surface area contributed by atoms with Crippen LogP contribution in [0, 0.1) is 11.8 Å². The number of carbonyl (C=O) groups is 1. The number of ether oxygens (including phenoxy) is 1. The highest BCUT2D eigenvalue weighted by atomic mass is 19.4. The van der Waals surface area contributed by atoms with E-state index in [1.54, 1.807) is 0 Å². The Bertz CT molecular complexity index is 1020. The first kappa shape index (κ1) is 23.6. The van der Waals surface area contributed by atoms with Crippen molar-refractivity contribution in [2.75, 3.05) is 6.61 Å². The maximum absolute atomic E-state index is 12.7. The second-order valence-electron chi connectivity index (χ2n) is 6.39. The second kappa shape index (κ2) is 9.58. The highest BCUT2D eigenvalue weighted by Gasteiger charge is 2.50. The van der Waals surface area contributed by atoms with Crippen LogP contribution in [-0.4, -0.2) is 61.4 Å². The van der Waals surface area contributed by atoms with Crippen LogP contribution in [0.25, 0.3) is 0 Å². The molecule has 4 atom stereocenters. The summed E-state index contributed by atoms with van der Waals surface area (Å²) in [7, 11) is 0. The number of benzene rings is 1. The van der Waals surface area contributed by atoms with E-state index in [0.29, 0.717) is 0 Å². The summed E-state index contributed by atoms with van der Waals surface area (Å²) in [6.45, 7) is -0.508. The molecule has 1 aromatic heterocycles. The molecule has 5 N–H and O–H groups in total. The Labute approximate surface area is 176 Å². The Kier molecular flexibility index (Phi) is 7.06. The summed E-state index contributed by atoms with van der Waals surface area (Å²) in [4.78, 5) is 27.8. The smallest absolute Gasteiger partial charge is 0.363 e. The molecule has 1 amide bonds. The molecule has 2 aromatic rings. The molecular formula is C17H15F3N4O8. The van der Waals surface area contributed by atoms with Crippen molar-refractivity contribution >= 4 is 5.91 Å². The largest absolute Gasteiger partial charge is 0.416 e. The molecule has 1 aliphatic rings. The first-order chi connectivity index (χ1) is 15.2. The molecule has 0 bridgehead atoms. The number of rotatable bonds is 6.